The van der Waals surface area contributed by atoms with E-state index >= 15 is 0 Å². The van der Waals surface area contributed by atoms with Crippen LogP contribution in [-0.2, 0) is 16.8 Å². The Hall–Kier alpha value is -2.58. The molecule has 0 aliphatic heterocycles. The van der Waals surface area contributed by atoms with Gasteiger partial charge in [-0.2, -0.15) is 0 Å². The average molecular weight is 444 g/mol. The van der Waals surface area contributed by atoms with E-state index in [1.165, 1.54) is 4.57 Å². The third-order valence-corrected chi connectivity index (χ3v) is 8.05. The van der Waals surface area contributed by atoms with Crippen molar-refractivity contribution in [1.29, 1.82) is 4.78 Å². The smallest absolute Gasteiger partial charge is 0.274 e. The SMILES string of the molecule is CCS(=N)(=O)c1ccc(OC2CCC(C)(O)CC2)c(-c2cn(C)c(=O)c3[nH]ccc23)c1. The van der Waals surface area contributed by atoms with E-state index in [1.54, 1.807) is 44.6 Å². The van der Waals surface area contributed by atoms with Gasteiger partial charge >= 0.3 is 0 Å². The van der Waals surface area contributed by atoms with Crippen LogP contribution in [0.4, 0.5) is 0 Å². The molecule has 31 heavy (non-hydrogen) atoms. The second-order valence-electron chi connectivity index (χ2n) is 8.66. The van der Waals surface area contributed by atoms with E-state index in [0.29, 0.717) is 34.6 Å². The molecule has 4 rings (SSSR count). The Morgan fingerprint density at radius 1 is 1.29 bits per heavy atom. The Morgan fingerprint density at radius 2 is 2.00 bits per heavy atom. The van der Waals surface area contributed by atoms with E-state index in [-0.39, 0.29) is 17.4 Å². The number of rotatable bonds is 5. The van der Waals surface area contributed by atoms with Gasteiger partial charge in [0.05, 0.1) is 21.4 Å². The quantitative estimate of drug-likeness (QED) is 0.553. The third kappa shape index (κ3) is 4.14. The molecule has 1 aliphatic rings. The first-order valence-corrected chi connectivity index (χ1v) is 12.3. The van der Waals surface area contributed by atoms with E-state index in [9.17, 15) is 14.1 Å². The molecule has 1 fully saturated rings. The van der Waals surface area contributed by atoms with Crippen molar-refractivity contribution >= 4 is 20.6 Å². The van der Waals surface area contributed by atoms with Crippen molar-refractivity contribution in [2.45, 2.75) is 56.1 Å². The molecule has 3 N–H and O–H groups in total. The minimum absolute atomic E-state index is 0.0365. The van der Waals surface area contributed by atoms with Crippen LogP contribution < -0.4 is 10.3 Å². The van der Waals surface area contributed by atoms with Crippen molar-refractivity contribution in [2.24, 2.45) is 7.05 Å². The second kappa shape index (κ2) is 7.84. The summed E-state index contributed by atoms with van der Waals surface area (Å²) in [6.45, 7) is 3.59. The maximum Gasteiger partial charge on any atom is 0.274 e. The average Bonchev–Trinajstić information content (AvgIpc) is 3.23. The number of ether oxygens (including phenoxy) is 1. The highest BCUT2D eigenvalue weighted by Crippen LogP contribution is 2.38. The molecule has 7 nitrogen and oxygen atoms in total. The summed E-state index contributed by atoms with van der Waals surface area (Å²) >= 11 is 0. The molecule has 8 heteroatoms. The van der Waals surface area contributed by atoms with Gasteiger partial charge in [-0.05, 0) is 56.9 Å². The third-order valence-electron chi connectivity index (χ3n) is 6.23. The van der Waals surface area contributed by atoms with Gasteiger partial charge in [0.1, 0.15) is 11.3 Å². The van der Waals surface area contributed by atoms with Crippen LogP contribution in [0.25, 0.3) is 22.0 Å². The molecule has 1 atom stereocenters. The number of aromatic amines is 1. The van der Waals surface area contributed by atoms with Gasteiger partial charge in [0.2, 0.25) is 0 Å². The molecule has 166 valence electrons. The van der Waals surface area contributed by atoms with Gasteiger partial charge in [0.15, 0.2) is 0 Å². The number of nitrogens with one attached hydrogen (secondary N) is 2. The van der Waals surface area contributed by atoms with Crippen molar-refractivity contribution in [3.05, 3.63) is 47.0 Å². The predicted molar refractivity (Wildman–Crippen MR) is 122 cm³/mol. The van der Waals surface area contributed by atoms with Gasteiger partial charge in [-0.3, -0.25) is 4.79 Å². The topological polar surface area (TPSA) is 108 Å². The molecule has 0 radical (unpaired) electrons. The summed E-state index contributed by atoms with van der Waals surface area (Å²) in [6.07, 6.45) is 6.27. The summed E-state index contributed by atoms with van der Waals surface area (Å²) in [7, 11) is -1.22. The lowest BCUT2D eigenvalue weighted by molar-refractivity contribution is -0.0107. The normalized spacial score (nSPS) is 23.5. The lowest BCUT2D eigenvalue weighted by Gasteiger charge is -2.33. The maximum atomic E-state index is 12.8. The van der Waals surface area contributed by atoms with Crippen molar-refractivity contribution in [1.82, 2.24) is 9.55 Å². The van der Waals surface area contributed by atoms with Crippen LogP contribution in [0.1, 0.15) is 39.5 Å². The van der Waals surface area contributed by atoms with Gasteiger partial charge in [-0.25, -0.2) is 8.99 Å². The molecule has 1 saturated carbocycles. The number of aliphatic hydroxyl groups is 1. The monoisotopic (exact) mass is 443 g/mol. The summed E-state index contributed by atoms with van der Waals surface area (Å²) in [5.41, 5.74) is 1.20. The predicted octanol–water partition coefficient (Wildman–Crippen LogP) is 4.03. The zero-order valence-electron chi connectivity index (χ0n) is 18.1. The number of H-pyrrole nitrogens is 1. The van der Waals surface area contributed by atoms with E-state index in [2.05, 4.69) is 4.98 Å². The number of fused-ring (bicyclic) bond motifs is 1. The van der Waals surface area contributed by atoms with Gasteiger partial charge in [0.25, 0.3) is 5.56 Å². The van der Waals surface area contributed by atoms with Crippen LogP contribution >= 0.6 is 0 Å². The van der Waals surface area contributed by atoms with Crippen LogP contribution in [-0.4, -0.2) is 36.3 Å². The molecule has 0 bridgehead atoms. The summed E-state index contributed by atoms with van der Waals surface area (Å²) in [5, 5.41) is 11.0. The molecule has 1 aliphatic carbocycles. The first kappa shape index (κ1) is 21.6. The highest BCUT2D eigenvalue weighted by Gasteiger charge is 2.30. The number of hydrogen-bond acceptors (Lipinski definition) is 5. The first-order chi connectivity index (χ1) is 14.6. The fraction of sp³-hybridized carbons (Fsp3) is 0.435. The molecule has 0 saturated heterocycles. The number of benzene rings is 1. The van der Waals surface area contributed by atoms with Crippen LogP contribution in [0.15, 0.2) is 46.3 Å². The number of aromatic nitrogens is 2. The standard InChI is InChI=1S/C23H29N3O4S/c1-4-31(24,29)16-5-6-20(30-15-7-10-23(2,28)11-8-15)18(13-16)19-14-26(3)22(27)21-17(19)9-12-25-21/h5-6,9,12-15,24-25,28H,4,7-8,10-11H2,1-3H3. The van der Waals surface area contributed by atoms with Gasteiger partial charge in [-0.1, -0.05) is 6.92 Å². The summed E-state index contributed by atoms with van der Waals surface area (Å²) in [6, 6.07) is 7.09. The lowest BCUT2D eigenvalue weighted by Crippen LogP contribution is -2.34. The Bertz CT molecular complexity index is 1280. The van der Waals surface area contributed by atoms with Crippen molar-refractivity contribution in [2.75, 3.05) is 5.75 Å². The number of hydrogen-bond donors (Lipinski definition) is 3. The molecular formula is C23H29N3O4S. The van der Waals surface area contributed by atoms with Gasteiger partial charge in [0, 0.05) is 46.6 Å². The molecule has 0 spiro atoms. The lowest BCUT2D eigenvalue weighted by atomic mass is 9.85. The van der Waals surface area contributed by atoms with Crippen LogP contribution in [0.5, 0.6) is 5.75 Å². The minimum atomic E-state index is -2.92. The van der Waals surface area contributed by atoms with Crippen molar-refractivity contribution in [3.8, 4) is 16.9 Å². The van der Waals surface area contributed by atoms with Crippen molar-refractivity contribution in [3.63, 3.8) is 0 Å². The maximum absolute atomic E-state index is 12.8. The number of pyridine rings is 1. The molecule has 0 amide bonds. The van der Waals surface area contributed by atoms with Crippen LogP contribution in [0.2, 0.25) is 0 Å². The zero-order valence-corrected chi connectivity index (χ0v) is 18.9. The highest BCUT2D eigenvalue weighted by atomic mass is 32.2. The summed E-state index contributed by atoms with van der Waals surface area (Å²) in [5.74, 6) is 0.847. The molecule has 3 aromatic rings. The van der Waals surface area contributed by atoms with E-state index in [1.807, 2.05) is 13.0 Å². The molecular weight excluding hydrogens is 414 g/mol. The largest absolute Gasteiger partial charge is 0.490 e. The van der Waals surface area contributed by atoms with Crippen LogP contribution in [0, 0.1) is 4.78 Å². The Kier molecular flexibility index (Phi) is 5.47. The highest BCUT2D eigenvalue weighted by molar-refractivity contribution is 7.92. The first-order valence-electron chi connectivity index (χ1n) is 10.6. The Morgan fingerprint density at radius 3 is 2.68 bits per heavy atom. The summed E-state index contributed by atoms with van der Waals surface area (Å²) in [4.78, 5) is 16.0. The van der Waals surface area contributed by atoms with Crippen LogP contribution in [0.3, 0.4) is 0 Å². The minimum Gasteiger partial charge on any atom is -0.490 e. The second-order valence-corrected chi connectivity index (χ2v) is 11.1. The molecule has 1 unspecified atom stereocenters. The van der Waals surface area contributed by atoms with E-state index in [0.717, 1.165) is 23.8 Å². The fourth-order valence-electron chi connectivity index (χ4n) is 4.19. The fourth-order valence-corrected chi connectivity index (χ4v) is 5.12. The Labute approximate surface area is 182 Å². The summed E-state index contributed by atoms with van der Waals surface area (Å²) < 4.78 is 28.9. The van der Waals surface area contributed by atoms with Gasteiger partial charge in [-0.15, -0.1) is 0 Å². The number of aryl methyl sites for hydroxylation is 1. The molecule has 1 aromatic carbocycles. The Balaban J connectivity index is 1.85. The molecule has 2 heterocycles. The van der Waals surface area contributed by atoms with Crippen molar-refractivity contribution < 1.29 is 14.1 Å². The van der Waals surface area contributed by atoms with E-state index in [4.69, 9.17) is 9.52 Å². The van der Waals surface area contributed by atoms with E-state index < -0.39 is 15.3 Å². The number of nitrogens with zero attached hydrogens (tertiary/aromatic N) is 1. The molecule has 2 aromatic heterocycles. The van der Waals surface area contributed by atoms with Gasteiger partial charge < -0.3 is 19.4 Å². The zero-order chi connectivity index (χ0) is 22.4.